The molecule has 0 saturated heterocycles. The number of hydrogen-bond acceptors (Lipinski definition) is 6. The highest BCUT2D eigenvalue weighted by Gasteiger charge is 2.22. The summed E-state index contributed by atoms with van der Waals surface area (Å²) in [6.07, 6.45) is 1.57. The van der Waals surface area contributed by atoms with Crippen molar-refractivity contribution in [2.45, 2.75) is 38.8 Å². The molecular weight excluding hydrogens is 274 g/mol. The van der Waals surface area contributed by atoms with Crippen molar-refractivity contribution in [2.75, 3.05) is 11.9 Å². The standard InChI is InChI=1S/C14H19N3O4/c1-14(2,3)21-12(19)5-9(15)8-4-10-13(16-6-8)20-7-11(18)17-10/h4,6,9H,5,7,15H2,1-3H3,(H,17,18). The van der Waals surface area contributed by atoms with E-state index in [1.807, 2.05) is 0 Å². The summed E-state index contributed by atoms with van der Waals surface area (Å²) < 4.78 is 10.4. The highest BCUT2D eigenvalue weighted by molar-refractivity contribution is 5.94. The van der Waals surface area contributed by atoms with Crippen LogP contribution >= 0.6 is 0 Å². The lowest BCUT2D eigenvalue weighted by molar-refractivity contribution is -0.155. The third kappa shape index (κ3) is 4.16. The van der Waals surface area contributed by atoms with Crippen molar-refractivity contribution in [3.05, 3.63) is 17.8 Å². The summed E-state index contributed by atoms with van der Waals surface area (Å²) in [6, 6.07) is 1.10. The highest BCUT2D eigenvalue weighted by Crippen LogP contribution is 2.28. The Balaban J connectivity index is 2.06. The van der Waals surface area contributed by atoms with E-state index in [0.29, 0.717) is 17.1 Å². The first-order valence-corrected chi connectivity index (χ1v) is 6.64. The Kier molecular flexibility index (Phi) is 4.13. The molecule has 0 spiro atoms. The van der Waals surface area contributed by atoms with E-state index in [-0.39, 0.29) is 24.9 Å². The van der Waals surface area contributed by atoms with E-state index in [1.54, 1.807) is 26.8 Å². The van der Waals surface area contributed by atoms with Crippen molar-refractivity contribution in [1.82, 2.24) is 4.98 Å². The zero-order valence-corrected chi connectivity index (χ0v) is 12.3. The van der Waals surface area contributed by atoms with E-state index in [9.17, 15) is 9.59 Å². The number of hydrogen-bond donors (Lipinski definition) is 2. The fourth-order valence-corrected chi connectivity index (χ4v) is 1.88. The Bertz CT molecular complexity index is 566. The van der Waals surface area contributed by atoms with Crippen molar-refractivity contribution in [3.8, 4) is 5.88 Å². The van der Waals surface area contributed by atoms with Crippen LogP contribution in [-0.4, -0.2) is 29.1 Å². The molecular formula is C14H19N3O4. The number of anilines is 1. The van der Waals surface area contributed by atoms with Crippen LogP contribution in [0.25, 0.3) is 0 Å². The fraction of sp³-hybridized carbons (Fsp3) is 0.500. The van der Waals surface area contributed by atoms with Crippen LogP contribution in [0.5, 0.6) is 5.88 Å². The van der Waals surface area contributed by atoms with Gasteiger partial charge < -0.3 is 20.5 Å². The summed E-state index contributed by atoms with van der Waals surface area (Å²) in [7, 11) is 0. The van der Waals surface area contributed by atoms with E-state index >= 15 is 0 Å². The zero-order valence-electron chi connectivity index (χ0n) is 12.3. The van der Waals surface area contributed by atoms with Crippen LogP contribution in [0.15, 0.2) is 12.3 Å². The molecule has 1 aliphatic heterocycles. The van der Waals surface area contributed by atoms with Gasteiger partial charge in [0.2, 0.25) is 5.88 Å². The molecule has 1 aliphatic rings. The summed E-state index contributed by atoms with van der Waals surface area (Å²) in [4.78, 5) is 27.1. The number of carbonyl (C=O) groups is 2. The van der Waals surface area contributed by atoms with Crippen LogP contribution in [0, 0.1) is 0 Å². The molecule has 0 aromatic carbocycles. The predicted molar refractivity (Wildman–Crippen MR) is 75.8 cm³/mol. The summed E-state index contributed by atoms with van der Waals surface area (Å²) in [5, 5.41) is 2.65. The minimum absolute atomic E-state index is 0.0343. The van der Waals surface area contributed by atoms with Crippen LogP contribution in [0.3, 0.4) is 0 Å². The molecule has 1 unspecified atom stereocenters. The number of nitrogens with zero attached hydrogens (tertiary/aromatic N) is 1. The van der Waals surface area contributed by atoms with Crippen molar-refractivity contribution in [1.29, 1.82) is 0 Å². The predicted octanol–water partition coefficient (Wildman–Crippen LogP) is 1.14. The minimum Gasteiger partial charge on any atom is -0.466 e. The molecule has 1 aromatic rings. The number of nitrogens with one attached hydrogen (secondary N) is 1. The molecule has 1 amide bonds. The van der Waals surface area contributed by atoms with Gasteiger partial charge in [-0.15, -0.1) is 0 Å². The molecule has 1 atom stereocenters. The van der Waals surface area contributed by atoms with Gasteiger partial charge in [0.05, 0.1) is 6.42 Å². The van der Waals surface area contributed by atoms with Crippen LogP contribution in [0.2, 0.25) is 0 Å². The van der Waals surface area contributed by atoms with Crippen LogP contribution in [0.1, 0.15) is 38.8 Å². The second-order valence-electron chi connectivity index (χ2n) is 5.86. The molecule has 0 bridgehead atoms. The molecule has 3 N–H and O–H groups in total. The van der Waals surface area contributed by atoms with Gasteiger partial charge in [-0.05, 0) is 32.4 Å². The summed E-state index contributed by atoms with van der Waals surface area (Å²) >= 11 is 0. The Morgan fingerprint density at radius 3 is 2.95 bits per heavy atom. The lowest BCUT2D eigenvalue weighted by atomic mass is 10.1. The largest absolute Gasteiger partial charge is 0.466 e. The maximum Gasteiger partial charge on any atom is 0.308 e. The molecule has 0 fully saturated rings. The van der Waals surface area contributed by atoms with Gasteiger partial charge in [-0.25, -0.2) is 4.98 Å². The molecule has 0 radical (unpaired) electrons. The fourth-order valence-electron chi connectivity index (χ4n) is 1.88. The van der Waals surface area contributed by atoms with Crippen molar-refractivity contribution in [2.24, 2.45) is 5.73 Å². The second kappa shape index (κ2) is 5.69. The second-order valence-corrected chi connectivity index (χ2v) is 5.86. The van der Waals surface area contributed by atoms with Crippen molar-refractivity contribution in [3.63, 3.8) is 0 Å². The van der Waals surface area contributed by atoms with Gasteiger partial charge in [0.1, 0.15) is 11.3 Å². The maximum absolute atomic E-state index is 11.8. The van der Waals surface area contributed by atoms with Gasteiger partial charge >= 0.3 is 5.97 Å². The number of aromatic nitrogens is 1. The molecule has 2 rings (SSSR count). The number of ether oxygens (including phenoxy) is 2. The van der Waals surface area contributed by atoms with E-state index in [1.165, 1.54) is 6.20 Å². The van der Waals surface area contributed by atoms with E-state index in [4.69, 9.17) is 15.2 Å². The van der Waals surface area contributed by atoms with Crippen molar-refractivity contribution >= 4 is 17.6 Å². The Morgan fingerprint density at radius 2 is 2.29 bits per heavy atom. The number of rotatable bonds is 3. The first-order valence-electron chi connectivity index (χ1n) is 6.64. The topological polar surface area (TPSA) is 104 Å². The van der Waals surface area contributed by atoms with E-state index in [0.717, 1.165) is 0 Å². The monoisotopic (exact) mass is 293 g/mol. The smallest absolute Gasteiger partial charge is 0.308 e. The molecule has 1 aromatic heterocycles. The lowest BCUT2D eigenvalue weighted by Crippen LogP contribution is -2.28. The molecule has 114 valence electrons. The van der Waals surface area contributed by atoms with Crippen molar-refractivity contribution < 1.29 is 19.1 Å². The van der Waals surface area contributed by atoms with Crippen LogP contribution in [-0.2, 0) is 14.3 Å². The van der Waals surface area contributed by atoms with Gasteiger partial charge in [0, 0.05) is 12.2 Å². The summed E-state index contributed by atoms with van der Waals surface area (Å²) in [5.41, 5.74) is 6.53. The molecule has 7 heteroatoms. The van der Waals surface area contributed by atoms with Gasteiger partial charge in [-0.1, -0.05) is 0 Å². The molecule has 21 heavy (non-hydrogen) atoms. The Hall–Kier alpha value is -2.15. The number of fused-ring (bicyclic) bond motifs is 1. The molecule has 0 aliphatic carbocycles. The average molecular weight is 293 g/mol. The Labute approximate surface area is 122 Å². The third-order valence-corrected chi connectivity index (χ3v) is 2.72. The molecule has 0 saturated carbocycles. The van der Waals surface area contributed by atoms with Crippen LogP contribution in [0.4, 0.5) is 5.69 Å². The van der Waals surface area contributed by atoms with Gasteiger partial charge in [-0.2, -0.15) is 0 Å². The zero-order chi connectivity index (χ0) is 15.6. The normalized spacial score (nSPS) is 15.5. The quantitative estimate of drug-likeness (QED) is 0.810. The SMILES string of the molecule is CC(C)(C)OC(=O)CC(N)c1cnc2c(c1)NC(=O)CO2. The van der Waals surface area contributed by atoms with Crippen LogP contribution < -0.4 is 15.8 Å². The average Bonchev–Trinajstić information content (AvgIpc) is 2.35. The van der Waals surface area contributed by atoms with Gasteiger partial charge in [0.15, 0.2) is 6.61 Å². The van der Waals surface area contributed by atoms with Gasteiger partial charge in [0.25, 0.3) is 5.91 Å². The first kappa shape index (κ1) is 15.2. The number of nitrogens with two attached hydrogens (primary N) is 1. The van der Waals surface area contributed by atoms with E-state index in [2.05, 4.69) is 10.3 Å². The maximum atomic E-state index is 11.8. The first-order chi connectivity index (χ1) is 9.74. The number of amides is 1. The van der Waals surface area contributed by atoms with E-state index < -0.39 is 11.6 Å². The number of esters is 1. The minimum atomic E-state index is -0.559. The van der Waals surface area contributed by atoms with Gasteiger partial charge in [-0.3, -0.25) is 9.59 Å². The summed E-state index contributed by atoms with van der Waals surface area (Å²) in [6.45, 7) is 5.33. The molecule has 2 heterocycles. The molecule has 7 nitrogen and oxygen atoms in total. The number of carbonyl (C=O) groups excluding carboxylic acids is 2. The number of pyridine rings is 1. The third-order valence-electron chi connectivity index (χ3n) is 2.72. The lowest BCUT2D eigenvalue weighted by Gasteiger charge is -2.22. The summed E-state index contributed by atoms with van der Waals surface area (Å²) in [5.74, 6) is -0.280. The highest BCUT2D eigenvalue weighted by atomic mass is 16.6. The Morgan fingerprint density at radius 1 is 1.57 bits per heavy atom.